The Hall–Kier alpha value is -0.610. The molecule has 13 heavy (non-hydrogen) atoms. The number of nitrogens with one attached hydrogen (secondary N) is 1. The van der Waals surface area contributed by atoms with Gasteiger partial charge < -0.3 is 14.3 Å². The van der Waals surface area contributed by atoms with Gasteiger partial charge in [-0.15, -0.1) is 0 Å². The third-order valence-corrected chi connectivity index (χ3v) is 2.49. The van der Waals surface area contributed by atoms with Crippen molar-refractivity contribution >= 4 is 12.2 Å². The first-order valence-electron chi connectivity index (χ1n) is 4.50. The SMILES string of the molecule is COC(C)CCCn1cc[nH]c1=S. The minimum absolute atomic E-state index is 0.341. The summed E-state index contributed by atoms with van der Waals surface area (Å²) in [5.41, 5.74) is 0. The van der Waals surface area contributed by atoms with Gasteiger partial charge in [0.1, 0.15) is 0 Å². The van der Waals surface area contributed by atoms with E-state index in [0.717, 1.165) is 24.2 Å². The Kier molecular flexibility index (Phi) is 4.18. The zero-order chi connectivity index (χ0) is 9.68. The van der Waals surface area contributed by atoms with Crippen LogP contribution in [0.15, 0.2) is 12.4 Å². The minimum Gasteiger partial charge on any atom is -0.382 e. The van der Waals surface area contributed by atoms with Crippen molar-refractivity contribution in [3.63, 3.8) is 0 Å². The molecule has 0 aromatic carbocycles. The second-order valence-corrected chi connectivity index (χ2v) is 3.53. The lowest BCUT2D eigenvalue weighted by Crippen LogP contribution is -2.06. The Morgan fingerprint density at radius 3 is 3.00 bits per heavy atom. The summed E-state index contributed by atoms with van der Waals surface area (Å²) in [4.78, 5) is 2.97. The third kappa shape index (κ3) is 3.32. The van der Waals surface area contributed by atoms with E-state index in [2.05, 4.69) is 11.9 Å². The quantitative estimate of drug-likeness (QED) is 0.739. The van der Waals surface area contributed by atoms with Gasteiger partial charge in [0.2, 0.25) is 0 Å². The van der Waals surface area contributed by atoms with Crippen LogP contribution in [0.25, 0.3) is 0 Å². The Balaban J connectivity index is 2.28. The van der Waals surface area contributed by atoms with Gasteiger partial charge in [-0.3, -0.25) is 0 Å². The fourth-order valence-corrected chi connectivity index (χ4v) is 1.41. The normalized spacial score (nSPS) is 13.1. The lowest BCUT2D eigenvalue weighted by molar-refractivity contribution is 0.108. The first-order valence-corrected chi connectivity index (χ1v) is 4.91. The Labute approximate surface area is 83.7 Å². The molecule has 0 radical (unpaired) electrons. The van der Waals surface area contributed by atoms with Crippen LogP contribution in [0.5, 0.6) is 0 Å². The highest BCUT2D eigenvalue weighted by Gasteiger charge is 1.99. The molecule has 0 saturated carbocycles. The Morgan fingerprint density at radius 2 is 2.46 bits per heavy atom. The van der Waals surface area contributed by atoms with Crippen molar-refractivity contribution in [1.82, 2.24) is 9.55 Å². The lowest BCUT2D eigenvalue weighted by Gasteiger charge is -2.08. The molecule has 0 saturated heterocycles. The molecule has 1 unspecified atom stereocenters. The number of ether oxygens (including phenoxy) is 1. The van der Waals surface area contributed by atoms with Crippen molar-refractivity contribution in [1.29, 1.82) is 0 Å². The number of H-pyrrole nitrogens is 1. The molecule has 4 heteroatoms. The molecule has 3 nitrogen and oxygen atoms in total. The second-order valence-electron chi connectivity index (χ2n) is 3.15. The molecule has 0 bridgehead atoms. The monoisotopic (exact) mass is 200 g/mol. The number of imidazole rings is 1. The van der Waals surface area contributed by atoms with Crippen molar-refractivity contribution in [3.8, 4) is 0 Å². The zero-order valence-electron chi connectivity index (χ0n) is 8.12. The topological polar surface area (TPSA) is 29.9 Å². The summed E-state index contributed by atoms with van der Waals surface area (Å²) >= 11 is 5.07. The fraction of sp³-hybridized carbons (Fsp3) is 0.667. The van der Waals surface area contributed by atoms with E-state index in [-0.39, 0.29) is 0 Å². The second kappa shape index (κ2) is 5.19. The van der Waals surface area contributed by atoms with Crippen LogP contribution >= 0.6 is 12.2 Å². The number of hydrogen-bond acceptors (Lipinski definition) is 2. The van der Waals surface area contributed by atoms with E-state index in [9.17, 15) is 0 Å². The predicted octanol–water partition coefficient (Wildman–Crippen LogP) is 2.36. The molecule has 1 rings (SSSR count). The van der Waals surface area contributed by atoms with Crippen LogP contribution < -0.4 is 0 Å². The predicted molar refractivity (Wildman–Crippen MR) is 55.3 cm³/mol. The number of methoxy groups -OCH3 is 1. The minimum atomic E-state index is 0.341. The van der Waals surface area contributed by atoms with E-state index in [0.29, 0.717) is 6.10 Å². The van der Waals surface area contributed by atoms with Gasteiger partial charge in [0.25, 0.3) is 0 Å². The van der Waals surface area contributed by atoms with E-state index in [1.165, 1.54) is 0 Å². The van der Waals surface area contributed by atoms with E-state index in [4.69, 9.17) is 17.0 Å². The summed E-state index contributed by atoms with van der Waals surface area (Å²) < 4.78 is 7.99. The van der Waals surface area contributed by atoms with Gasteiger partial charge in [-0.05, 0) is 32.0 Å². The van der Waals surface area contributed by atoms with Crippen LogP contribution in [-0.2, 0) is 11.3 Å². The number of nitrogens with zero attached hydrogens (tertiary/aromatic N) is 1. The number of aryl methyl sites for hydroxylation is 1. The first kappa shape index (κ1) is 10.5. The average Bonchev–Trinajstić information content (AvgIpc) is 2.52. The molecule has 0 amide bonds. The maximum atomic E-state index is 5.16. The summed E-state index contributed by atoms with van der Waals surface area (Å²) in [7, 11) is 1.74. The number of hydrogen-bond donors (Lipinski definition) is 1. The van der Waals surface area contributed by atoms with Crippen molar-refractivity contribution in [2.24, 2.45) is 0 Å². The van der Waals surface area contributed by atoms with Crippen molar-refractivity contribution in [2.45, 2.75) is 32.4 Å². The van der Waals surface area contributed by atoms with Gasteiger partial charge in [0.05, 0.1) is 6.10 Å². The molecule has 0 spiro atoms. The molecule has 1 heterocycles. The van der Waals surface area contributed by atoms with Crippen molar-refractivity contribution < 1.29 is 4.74 Å². The smallest absolute Gasteiger partial charge is 0.177 e. The van der Waals surface area contributed by atoms with Gasteiger partial charge in [-0.2, -0.15) is 0 Å². The van der Waals surface area contributed by atoms with Crippen molar-refractivity contribution in [3.05, 3.63) is 17.2 Å². The van der Waals surface area contributed by atoms with Crippen LogP contribution in [0.4, 0.5) is 0 Å². The summed E-state index contributed by atoms with van der Waals surface area (Å²) in [5, 5.41) is 0. The van der Waals surface area contributed by atoms with Crippen LogP contribution in [0, 0.1) is 4.77 Å². The molecule has 1 N–H and O–H groups in total. The van der Waals surface area contributed by atoms with Gasteiger partial charge in [-0.25, -0.2) is 0 Å². The Morgan fingerprint density at radius 1 is 1.69 bits per heavy atom. The van der Waals surface area contributed by atoms with E-state index in [1.807, 2.05) is 17.0 Å². The van der Waals surface area contributed by atoms with Crippen LogP contribution in [0.2, 0.25) is 0 Å². The maximum absolute atomic E-state index is 5.16. The molecule has 0 aliphatic carbocycles. The molecule has 0 aliphatic heterocycles. The summed E-state index contributed by atoms with van der Waals surface area (Å²) in [5.74, 6) is 0. The number of rotatable bonds is 5. The van der Waals surface area contributed by atoms with Crippen LogP contribution in [-0.4, -0.2) is 22.8 Å². The van der Waals surface area contributed by atoms with Gasteiger partial charge in [0, 0.05) is 26.0 Å². The fourth-order valence-electron chi connectivity index (χ4n) is 1.19. The summed E-state index contributed by atoms with van der Waals surface area (Å²) in [6.07, 6.45) is 6.35. The Bertz CT molecular complexity index is 292. The van der Waals surface area contributed by atoms with Crippen molar-refractivity contribution in [2.75, 3.05) is 7.11 Å². The summed E-state index contributed by atoms with van der Waals surface area (Å²) in [6, 6.07) is 0. The molecule has 0 aliphatic rings. The van der Waals surface area contributed by atoms with E-state index >= 15 is 0 Å². The average molecular weight is 200 g/mol. The largest absolute Gasteiger partial charge is 0.382 e. The summed E-state index contributed by atoms with van der Waals surface area (Å²) in [6.45, 7) is 3.05. The molecule has 74 valence electrons. The molecular formula is C9H16N2OS. The van der Waals surface area contributed by atoms with E-state index < -0.39 is 0 Å². The highest BCUT2D eigenvalue weighted by molar-refractivity contribution is 7.71. The highest BCUT2D eigenvalue weighted by atomic mass is 32.1. The van der Waals surface area contributed by atoms with E-state index in [1.54, 1.807) is 7.11 Å². The standard InChI is InChI=1S/C9H16N2OS/c1-8(12-2)4-3-6-11-7-5-10-9(11)13/h5,7-8H,3-4,6H2,1-2H3,(H,10,13). The molecule has 0 fully saturated rings. The molecule has 1 aromatic heterocycles. The highest BCUT2D eigenvalue weighted by Crippen LogP contribution is 2.02. The number of aromatic nitrogens is 2. The van der Waals surface area contributed by atoms with Crippen LogP contribution in [0.1, 0.15) is 19.8 Å². The van der Waals surface area contributed by atoms with Gasteiger partial charge in [0.15, 0.2) is 4.77 Å². The maximum Gasteiger partial charge on any atom is 0.177 e. The van der Waals surface area contributed by atoms with Gasteiger partial charge in [-0.1, -0.05) is 0 Å². The molecule has 1 aromatic rings. The molecule has 1 atom stereocenters. The van der Waals surface area contributed by atoms with Crippen LogP contribution in [0.3, 0.4) is 0 Å². The lowest BCUT2D eigenvalue weighted by atomic mass is 10.2. The zero-order valence-corrected chi connectivity index (χ0v) is 8.93. The molecular weight excluding hydrogens is 184 g/mol. The van der Waals surface area contributed by atoms with Gasteiger partial charge >= 0.3 is 0 Å². The third-order valence-electron chi connectivity index (χ3n) is 2.13. The first-order chi connectivity index (χ1) is 6.24. The number of aromatic amines is 1.